The van der Waals surface area contributed by atoms with Crippen molar-refractivity contribution in [3.63, 3.8) is 0 Å². The van der Waals surface area contributed by atoms with Gasteiger partial charge in [0.1, 0.15) is 0 Å². The van der Waals surface area contributed by atoms with Crippen molar-refractivity contribution in [1.29, 1.82) is 0 Å². The van der Waals surface area contributed by atoms with Gasteiger partial charge < -0.3 is 4.74 Å². The van der Waals surface area contributed by atoms with E-state index in [0.717, 1.165) is 12.8 Å². The van der Waals surface area contributed by atoms with Gasteiger partial charge in [-0.05, 0) is 52.1 Å². The molecule has 112 valence electrons. The third-order valence-electron chi connectivity index (χ3n) is 3.35. The molecule has 1 saturated heterocycles. The van der Waals surface area contributed by atoms with E-state index in [-0.39, 0.29) is 17.4 Å². The Morgan fingerprint density at radius 1 is 1.20 bits per heavy atom. The standard InChI is InChI=1S/C13H22ClN5O/c1-8(2)20-13-16-11(14)15-12(17-13)18-19-9(3)6-5-7-10(19)4/h8-10H,5-7H2,1-4H3,(H,15,16,17,18). The van der Waals surface area contributed by atoms with Gasteiger partial charge in [0.2, 0.25) is 11.2 Å². The molecule has 1 aromatic rings. The fourth-order valence-corrected chi connectivity index (χ4v) is 2.55. The average Bonchev–Trinajstić information content (AvgIpc) is 2.32. The van der Waals surface area contributed by atoms with E-state index in [4.69, 9.17) is 16.3 Å². The maximum atomic E-state index is 5.92. The molecule has 0 radical (unpaired) electrons. The quantitative estimate of drug-likeness (QED) is 0.922. The summed E-state index contributed by atoms with van der Waals surface area (Å²) < 4.78 is 5.47. The Morgan fingerprint density at radius 3 is 2.45 bits per heavy atom. The smallest absolute Gasteiger partial charge is 0.322 e. The molecule has 0 aliphatic carbocycles. The molecule has 2 rings (SSSR count). The van der Waals surface area contributed by atoms with Gasteiger partial charge in [-0.25, -0.2) is 5.01 Å². The first-order valence-electron chi connectivity index (χ1n) is 7.09. The number of nitrogens with zero attached hydrogens (tertiary/aromatic N) is 4. The van der Waals surface area contributed by atoms with Crippen molar-refractivity contribution in [1.82, 2.24) is 20.0 Å². The van der Waals surface area contributed by atoms with Gasteiger partial charge in [-0.1, -0.05) is 6.42 Å². The molecule has 0 bridgehead atoms. The predicted octanol–water partition coefficient (Wildman–Crippen LogP) is 2.90. The zero-order valence-electron chi connectivity index (χ0n) is 12.4. The van der Waals surface area contributed by atoms with Crippen LogP contribution in [0.3, 0.4) is 0 Å². The number of ether oxygens (including phenoxy) is 1. The highest BCUT2D eigenvalue weighted by Crippen LogP contribution is 2.23. The summed E-state index contributed by atoms with van der Waals surface area (Å²) in [6, 6.07) is 1.12. The number of hydrogen-bond acceptors (Lipinski definition) is 6. The Bertz CT molecular complexity index is 446. The first-order chi connectivity index (χ1) is 9.45. The largest absolute Gasteiger partial charge is 0.461 e. The molecule has 0 spiro atoms. The van der Waals surface area contributed by atoms with Crippen molar-refractivity contribution < 1.29 is 4.74 Å². The van der Waals surface area contributed by atoms with Crippen molar-refractivity contribution in [2.24, 2.45) is 0 Å². The molecule has 0 saturated carbocycles. The van der Waals surface area contributed by atoms with Crippen LogP contribution >= 0.6 is 11.6 Å². The summed E-state index contributed by atoms with van der Waals surface area (Å²) >= 11 is 5.92. The second kappa shape index (κ2) is 6.54. The van der Waals surface area contributed by atoms with Crippen LogP contribution in [0.25, 0.3) is 0 Å². The van der Waals surface area contributed by atoms with E-state index in [9.17, 15) is 0 Å². The molecule has 1 aromatic heterocycles. The van der Waals surface area contributed by atoms with Gasteiger partial charge in [-0.2, -0.15) is 15.0 Å². The number of aromatic nitrogens is 3. The monoisotopic (exact) mass is 299 g/mol. The number of rotatable bonds is 4. The van der Waals surface area contributed by atoms with Crippen molar-refractivity contribution in [2.45, 2.75) is 65.1 Å². The van der Waals surface area contributed by atoms with Crippen LogP contribution < -0.4 is 10.2 Å². The number of hydrogen-bond donors (Lipinski definition) is 1. The fraction of sp³-hybridized carbons (Fsp3) is 0.769. The SMILES string of the molecule is CC(C)Oc1nc(Cl)nc(NN2C(C)CCCC2C)n1. The van der Waals surface area contributed by atoms with Crippen LogP contribution in [0.1, 0.15) is 47.0 Å². The molecule has 0 amide bonds. The van der Waals surface area contributed by atoms with Gasteiger partial charge >= 0.3 is 6.01 Å². The molecule has 7 heteroatoms. The Balaban J connectivity index is 2.13. The molecule has 1 aliphatic rings. The third-order valence-corrected chi connectivity index (χ3v) is 3.52. The second-order valence-corrected chi connectivity index (χ2v) is 5.86. The summed E-state index contributed by atoms with van der Waals surface area (Å²) in [5, 5.41) is 2.31. The number of halogens is 1. The average molecular weight is 300 g/mol. The summed E-state index contributed by atoms with van der Waals surface area (Å²) in [6.07, 6.45) is 3.56. The molecule has 6 nitrogen and oxygen atoms in total. The highest BCUT2D eigenvalue weighted by molar-refractivity contribution is 6.28. The van der Waals surface area contributed by atoms with Crippen LogP contribution in [-0.2, 0) is 0 Å². The van der Waals surface area contributed by atoms with Gasteiger partial charge in [0.25, 0.3) is 0 Å². The summed E-state index contributed by atoms with van der Waals surface area (Å²) in [6.45, 7) is 8.22. The van der Waals surface area contributed by atoms with Crippen molar-refractivity contribution in [2.75, 3.05) is 5.43 Å². The van der Waals surface area contributed by atoms with E-state index in [1.807, 2.05) is 13.8 Å². The van der Waals surface area contributed by atoms with Gasteiger partial charge in [-0.3, -0.25) is 5.43 Å². The first kappa shape index (κ1) is 15.3. The minimum atomic E-state index is -0.00542. The maximum Gasteiger partial charge on any atom is 0.322 e. The molecule has 2 heterocycles. The lowest BCUT2D eigenvalue weighted by atomic mass is 10.00. The number of piperidine rings is 1. The second-order valence-electron chi connectivity index (χ2n) is 5.53. The number of anilines is 1. The van der Waals surface area contributed by atoms with Gasteiger partial charge in [0.15, 0.2) is 0 Å². The molecule has 2 atom stereocenters. The van der Waals surface area contributed by atoms with Crippen LogP contribution in [0.15, 0.2) is 0 Å². The molecule has 2 unspecified atom stereocenters. The summed E-state index contributed by atoms with van der Waals surface area (Å²) in [5.41, 5.74) is 3.24. The highest BCUT2D eigenvalue weighted by atomic mass is 35.5. The molecule has 20 heavy (non-hydrogen) atoms. The molecule has 1 fully saturated rings. The van der Waals surface area contributed by atoms with E-state index in [2.05, 4.69) is 39.2 Å². The minimum absolute atomic E-state index is 0.00542. The molecular weight excluding hydrogens is 278 g/mol. The van der Waals surface area contributed by atoms with Gasteiger partial charge in [-0.15, -0.1) is 0 Å². The number of nitrogens with one attached hydrogen (secondary N) is 1. The minimum Gasteiger partial charge on any atom is -0.461 e. The molecular formula is C13H22ClN5O. The zero-order valence-corrected chi connectivity index (χ0v) is 13.2. The molecule has 0 aromatic carbocycles. The van der Waals surface area contributed by atoms with Crippen molar-refractivity contribution in [3.8, 4) is 6.01 Å². The van der Waals surface area contributed by atoms with Gasteiger partial charge in [0, 0.05) is 12.1 Å². The summed E-state index contributed by atoms with van der Waals surface area (Å²) in [7, 11) is 0. The molecule has 1 aliphatic heterocycles. The summed E-state index contributed by atoms with van der Waals surface area (Å²) in [5.74, 6) is 0.432. The van der Waals surface area contributed by atoms with E-state index >= 15 is 0 Å². The first-order valence-corrected chi connectivity index (χ1v) is 7.46. The van der Waals surface area contributed by atoms with E-state index in [0.29, 0.717) is 18.0 Å². The van der Waals surface area contributed by atoms with E-state index in [1.165, 1.54) is 6.42 Å². The lowest BCUT2D eigenvalue weighted by Gasteiger charge is -2.38. The Hall–Kier alpha value is -1.14. The van der Waals surface area contributed by atoms with Crippen LogP contribution in [0.2, 0.25) is 5.28 Å². The van der Waals surface area contributed by atoms with E-state index < -0.39 is 0 Å². The normalized spacial score (nSPS) is 23.9. The van der Waals surface area contributed by atoms with Crippen molar-refractivity contribution >= 4 is 17.5 Å². The summed E-state index contributed by atoms with van der Waals surface area (Å²) in [4.78, 5) is 12.3. The lowest BCUT2D eigenvalue weighted by Crippen LogP contribution is -2.47. The zero-order chi connectivity index (χ0) is 14.7. The van der Waals surface area contributed by atoms with Crippen LogP contribution in [0.5, 0.6) is 6.01 Å². The predicted molar refractivity (Wildman–Crippen MR) is 78.8 cm³/mol. The van der Waals surface area contributed by atoms with Gasteiger partial charge in [0.05, 0.1) is 6.10 Å². The highest BCUT2D eigenvalue weighted by Gasteiger charge is 2.25. The van der Waals surface area contributed by atoms with Crippen molar-refractivity contribution in [3.05, 3.63) is 5.28 Å². The van der Waals surface area contributed by atoms with Crippen LogP contribution in [-0.4, -0.2) is 38.1 Å². The third kappa shape index (κ3) is 3.93. The van der Waals surface area contributed by atoms with Crippen LogP contribution in [0.4, 0.5) is 5.95 Å². The number of hydrazine groups is 1. The lowest BCUT2D eigenvalue weighted by molar-refractivity contribution is 0.134. The topological polar surface area (TPSA) is 63.2 Å². The maximum absolute atomic E-state index is 5.92. The Labute approximate surface area is 124 Å². The Kier molecular flexibility index (Phi) is 4.99. The van der Waals surface area contributed by atoms with E-state index in [1.54, 1.807) is 0 Å². The van der Waals surface area contributed by atoms with Crippen LogP contribution in [0, 0.1) is 0 Å². The fourth-order valence-electron chi connectivity index (χ4n) is 2.40. The Morgan fingerprint density at radius 2 is 1.85 bits per heavy atom. The molecule has 1 N–H and O–H groups in total.